The van der Waals surface area contributed by atoms with E-state index in [4.69, 9.17) is 9.47 Å². The number of rotatable bonds is 8. The number of fused-ring (bicyclic) bond motifs is 1. The maximum Gasteiger partial charge on any atom is 0.350 e. The van der Waals surface area contributed by atoms with E-state index < -0.39 is 29.5 Å². The third kappa shape index (κ3) is 5.35. The second kappa shape index (κ2) is 12.0. The van der Waals surface area contributed by atoms with Gasteiger partial charge < -0.3 is 19.0 Å². The SMILES string of the molecule is CCOC(=O)c1sc(N2C(=O)C(=O)/C(=C(/O)c3nc4c(C)cccn4c3C)C2c2cccc(OCc3ccccc3)c2)nc1C. The number of ether oxygens (including phenoxy) is 2. The predicted molar refractivity (Wildman–Crippen MR) is 169 cm³/mol. The Morgan fingerprint density at radius 3 is 2.51 bits per heavy atom. The van der Waals surface area contributed by atoms with Crippen LogP contribution in [0.3, 0.4) is 0 Å². The van der Waals surface area contributed by atoms with Crippen LogP contribution in [0, 0.1) is 20.8 Å². The molecule has 45 heavy (non-hydrogen) atoms. The smallest absolute Gasteiger partial charge is 0.350 e. The molecule has 1 amide bonds. The quantitative estimate of drug-likeness (QED) is 0.0954. The van der Waals surface area contributed by atoms with Crippen LogP contribution in [0.4, 0.5) is 5.13 Å². The van der Waals surface area contributed by atoms with E-state index in [2.05, 4.69) is 9.97 Å². The number of nitrogens with zero attached hydrogens (tertiary/aromatic N) is 4. The van der Waals surface area contributed by atoms with Crippen LogP contribution in [-0.4, -0.2) is 43.7 Å². The highest BCUT2D eigenvalue weighted by atomic mass is 32.1. The minimum absolute atomic E-state index is 0.125. The van der Waals surface area contributed by atoms with E-state index in [0.717, 1.165) is 22.5 Å². The Balaban J connectivity index is 1.50. The first-order valence-electron chi connectivity index (χ1n) is 14.4. The highest BCUT2D eigenvalue weighted by Gasteiger charge is 2.49. The minimum atomic E-state index is -1.09. The Kier molecular flexibility index (Phi) is 7.94. The average Bonchev–Trinajstić information content (AvgIpc) is 3.68. The molecule has 1 N–H and O–H groups in total. The third-order valence-corrected chi connectivity index (χ3v) is 8.76. The van der Waals surface area contributed by atoms with Crippen molar-refractivity contribution in [3.63, 3.8) is 0 Å². The van der Waals surface area contributed by atoms with Crippen LogP contribution in [0.5, 0.6) is 5.75 Å². The first-order chi connectivity index (χ1) is 21.7. The number of pyridine rings is 1. The van der Waals surface area contributed by atoms with Crippen molar-refractivity contribution in [3.05, 3.63) is 117 Å². The number of aromatic nitrogens is 3. The number of Topliss-reactive ketones (excluding diaryl/α,β-unsaturated/α-hetero) is 1. The van der Waals surface area contributed by atoms with Gasteiger partial charge in [0.05, 0.1) is 29.6 Å². The largest absolute Gasteiger partial charge is 0.505 e. The number of imidazole rings is 1. The fourth-order valence-corrected chi connectivity index (χ4v) is 6.39. The lowest BCUT2D eigenvalue weighted by Crippen LogP contribution is -2.29. The van der Waals surface area contributed by atoms with Crippen molar-refractivity contribution in [2.24, 2.45) is 0 Å². The zero-order valence-corrected chi connectivity index (χ0v) is 25.9. The van der Waals surface area contributed by atoms with Crippen LogP contribution in [-0.2, 0) is 20.9 Å². The molecule has 1 fully saturated rings. The normalized spacial score (nSPS) is 16.0. The van der Waals surface area contributed by atoms with Crippen molar-refractivity contribution in [1.82, 2.24) is 14.4 Å². The molecule has 3 aromatic heterocycles. The summed E-state index contributed by atoms with van der Waals surface area (Å²) in [6, 6.07) is 19.4. The number of carbonyl (C=O) groups is 3. The van der Waals surface area contributed by atoms with Crippen LogP contribution in [0.2, 0.25) is 0 Å². The molecule has 2 aromatic carbocycles. The molecule has 4 heterocycles. The average molecular weight is 623 g/mol. The molecule has 11 heteroatoms. The van der Waals surface area contributed by atoms with Gasteiger partial charge in [-0.25, -0.2) is 14.8 Å². The second-order valence-electron chi connectivity index (χ2n) is 10.6. The number of thiazole rings is 1. The molecule has 1 atom stereocenters. The highest BCUT2D eigenvalue weighted by molar-refractivity contribution is 7.17. The highest BCUT2D eigenvalue weighted by Crippen LogP contribution is 2.44. The molecule has 1 unspecified atom stereocenters. The van der Waals surface area contributed by atoms with Gasteiger partial charge in [0.1, 0.15) is 28.6 Å². The lowest BCUT2D eigenvalue weighted by Gasteiger charge is -2.23. The lowest BCUT2D eigenvalue weighted by molar-refractivity contribution is -0.132. The molecule has 0 bridgehead atoms. The van der Waals surface area contributed by atoms with E-state index in [0.29, 0.717) is 35.0 Å². The summed E-state index contributed by atoms with van der Waals surface area (Å²) in [6.45, 7) is 7.49. The van der Waals surface area contributed by atoms with Gasteiger partial charge in [-0.15, -0.1) is 0 Å². The van der Waals surface area contributed by atoms with E-state index >= 15 is 0 Å². The second-order valence-corrected chi connectivity index (χ2v) is 11.6. The first-order valence-corrected chi connectivity index (χ1v) is 15.2. The first kappa shape index (κ1) is 29.8. The number of aryl methyl sites for hydroxylation is 3. The Morgan fingerprint density at radius 2 is 1.78 bits per heavy atom. The molecule has 5 aromatic rings. The standard InChI is InChI=1S/C34H30N4O6S/c1-5-43-33(42)30-20(3)35-34(45-30)38-27(23-14-9-15-24(17-23)44-18-22-12-7-6-8-13-22)25(29(40)32(38)41)28(39)26-21(4)37-16-10-11-19(2)31(37)36-26/h6-17,27,39H,5,18H2,1-4H3/b28-25+. The van der Waals surface area contributed by atoms with Crippen LogP contribution in [0.25, 0.3) is 11.4 Å². The molecule has 0 radical (unpaired) electrons. The zero-order valence-electron chi connectivity index (χ0n) is 25.1. The molecule has 0 aliphatic carbocycles. The van der Waals surface area contributed by atoms with Crippen molar-refractivity contribution in [3.8, 4) is 5.75 Å². The molecule has 0 saturated carbocycles. The van der Waals surface area contributed by atoms with Gasteiger partial charge in [0, 0.05) is 6.20 Å². The molecule has 10 nitrogen and oxygen atoms in total. The number of aliphatic hydroxyl groups is 1. The molecular weight excluding hydrogens is 592 g/mol. The fourth-order valence-electron chi connectivity index (χ4n) is 5.41. The summed E-state index contributed by atoms with van der Waals surface area (Å²) in [5, 5.41) is 11.9. The van der Waals surface area contributed by atoms with Gasteiger partial charge in [-0.2, -0.15) is 0 Å². The van der Waals surface area contributed by atoms with Crippen molar-refractivity contribution in [2.75, 3.05) is 11.5 Å². The number of benzene rings is 2. The van der Waals surface area contributed by atoms with E-state index in [-0.39, 0.29) is 27.9 Å². The number of carbonyl (C=O) groups excluding carboxylic acids is 3. The van der Waals surface area contributed by atoms with E-state index in [1.807, 2.05) is 60.0 Å². The van der Waals surface area contributed by atoms with E-state index in [1.54, 1.807) is 45.0 Å². The summed E-state index contributed by atoms with van der Waals surface area (Å²) in [7, 11) is 0. The Labute approximate surface area is 263 Å². The van der Waals surface area contributed by atoms with Gasteiger partial charge in [0.25, 0.3) is 5.78 Å². The molecule has 0 spiro atoms. The maximum atomic E-state index is 13.8. The Morgan fingerprint density at radius 1 is 1.00 bits per heavy atom. The maximum absolute atomic E-state index is 13.8. The summed E-state index contributed by atoms with van der Waals surface area (Å²) in [4.78, 5) is 50.8. The van der Waals surface area contributed by atoms with Gasteiger partial charge in [-0.3, -0.25) is 14.5 Å². The fraction of sp³-hybridized carbons (Fsp3) is 0.206. The van der Waals surface area contributed by atoms with Gasteiger partial charge in [-0.1, -0.05) is 59.9 Å². The summed E-state index contributed by atoms with van der Waals surface area (Å²) in [5.41, 5.74) is 3.98. The topological polar surface area (TPSA) is 123 Å². The number of aliphatic hydroxyl groups excluding tert-OH is 1. The Bertz CT molecular complexity index is 1990. The van der Waals surface area contributed by atoms with E-state index in [1.165, 1.54) is 4.90 Å². The van der Waals surface area contributed by atoms with Gasteiger partial charge in [0.2, 0.25) is 0 Å². The number of esters is 1. The lowest BCUT2D eigenvalue weighted by atomic mass is 9.96. The molecule has 1 aliphatic rings. The molecule has 1 aliphatic heterocycles. The van der Waals surface area contributed by atoms with Crippen LogP contribution < -0.4 is 9.64 Å². The van der Waals surface area contributed by atoms with Crippen molar-refractivity contribution in [2.45, 2.75) is 40.3 Å². The number of ketones is 1. The van der Waals surface area contributed by atoms with Crippen LogP contribution >= 0.6 is 11.3 Å². The molecule has 228 valence electrons. The summed E-state index contributed by atoms with van der Waals surface area (Å²) < 4.78 is 13.1. The van der Waals surface area contributed by atoms with Gasteiger partial charge >= 0.3 is 11.9 Å². The van der Waals surface area contributed by atoms with Crippen LogP contribution in [0.15, 0.2) is 78.5 Å². The minimum Gasteiger partial charge on any atom is -0.505 e. The number of anilines is 1. The van der Waals surface area contributed by atoms with Crippen molar-refractivity contribution >= 4 is 45.5 Å². The number of amides is 1. The summed E-state index contributed by atoms with van der Waals surface area (Å²) in [6.07, 6.45) is 1.82. The van der Waals surface area contributed by atoms with E-state index in [9.17, 15) is 19.5 Å². The molecular formula is C34H30N4O6S. The summed E-state index contributed by atoms with van der Waals surface area (Å²) >= 11 is 0.951. The Hall–Kier alpha value is -5.29. The summed E-state index contributed by atoms with van der Waals surface area (Å²) in [5.74, 6) is -2.26. The third-order valence-electron chi connectivity index (χ3n) is 7.63. The van der Waals surface area contributed by atoms with Gasteiger partial charge in [0.15, 0.2) is 10.9 Å². The number of hydrogen-bond donors (Lipinski definition) is 1. The number of hydrogen-bond acceptors (Lipinski definition) is 9. The molecule has 1 saturated heterocycles. The van der Waals surface area contributed by atoms with Crippen LogP contribution in [0.1, 0.15) is 56.4 Å². The predicted octanol–water partition coefficient (Wildman–Crippen LogP) is 6.10. The van der Waals surface area contributed by atoms with Gasteiger partial charge in [-0.05, 0) is 62.6 Å². The van der Waals surface area contributed by atoms with Crippen molar-refractivity contribution < 1.29 is 29.0 Å². The van der Waals surface area contributed by atoms with Crippen molar-refractivity contribution in [1.29, 1.82) is 0 Å². The monoisotopic (exact) mass is 622 g/mol. The zero-order chi connectivity index (χ0) is 31.8. The molecule has 6 rings (SSSR count).